The Morgan fingerprint density at radius 3 is 1.86 bits per heavy atom. The fourth-order valence-corrected chi connectivity index (χ4v) is 1.97. The molecule has 0 saturated carbocycles. The van der Waals surface area contributed by atoms with E-state index < -0.39 is 0 Å². The van der Waals surface area contributed by atoms with Crippen LogP contribution in [0.2, 0.25) is 0 Å². The zero-order chi connectivity index (χ0) is 15.3. The summed E-state index contributed by atoms with van der Waals surface area (Å²) in [5, 5.41) is 3.32. The van der Waals surface area contributed by atoms with Crippen molar-refractivity contribution < 1.29 is 23.7 Å². The van der Waals surface area contributed by atoms with Crippen LogP contribution >= 0.6 is 0 Å². The predicted molar refractivity (Wildman–Crippen MR) is 83.7 cm³/mol. The zero-order valence-corrected chi connectivity index (χ0v) is 12.9. The maximum absolute atomic E-state index is 5.74. The van der Waals surface area contributed by atoms with E-state index in [0.717, 1.165) is 18.0 Å². The van der Waals surface area contributed by atoms with Crippen molar-refractivity contribution in [2.75, 3.05) is 71.3 Å². The van der Waals surface area contributed by atoms with Crippen LogP contribution in [-0.2, 0) is 18.9 Å². The van der Waals surface area contributed by atoms with Gasteiger partial charge in [0.05, 0.1) is 58.5 Å². The molecular formula is C16H25NO5. The number of rotatable bonds is 0. The number of nitrogens with one attached hydrogen (secondary N) is 1. The summed E-state index contributed by atoms with van der Waals surface area (Å²) in [4.78, 5) is 0. The van der Waals surface area contributed by atoms with Gasteiger partial charge in [-0.2, -0.15) is 0 Å². The van der Waals surface area contributed by atoms with Crippen LogP contribution in [0.5, 0.6) is 5.75 Å². The van der Waals surface area contributed by atoms with Crippen molar-refractivity contribution >= 4 is 5.69 Å². The van der Waals surface area contributed by atoms with E-state index in [2.05, 4.69) is 5.32 Å². The summed E-state index contributed by atoms with van der Waals surface area (Å²) in [6.45, 7) is 5.85. The van der Waals surface area contributed by atoms with Crippen molar-refractivity contribution in [3.8, 4) is 5.75 Å². The molecule has 0 bridgehead atoms. The second kappa shape index (κ2) is 11.3. The molecule has 6 nitrogen and oxygen atoms in total. The molecule has 1 aliphatic rings. The van der Waals surface area contributed by atoms with Crippen molar-refractivity contribution in [3.63, 3.8) is 0 Å². The molecule has 0 atom stereocenters. The first-order valence-corrected chi connectivity index (χ1v) is 7.73. The Kier molecular flexibility index (Phi) is 8.71. The van der Waals surface area contributed by atoms with E-state index in [1.165, 1.54) is 0 Å². The highest BCUT2D eigenvalue weighted by molar-refractivity contribution is 5.56. The van der Waals surface area contributed by atoms with E-state index in [9.17, 15) is 0 Å². The predicted octanol–water partition coefficient (Wildman–Crippen LogP) is 1.56. The van der Waals surface area contributed by atoms with Gasteiger partial charge in [0.1, 0.15) is 12.4 Å². The van der Waals surface area contributed by atoms with Gasteiger partial charge in [-0.15, -0.1) is 0 Å². The summed E-state index contributed by atoms with van der Waals surface area (Å²) in [5.41, 5.74) is 0.965. The number of anilines is 1. The Balaban J connectivity index is 1.79. The fourth-order valence-electron chi connectivity index (χ4n) is 1.97. The van der Waals surface area contributed by atoms with Crippen molar-refractivity contribution in [1.82, 2.24) is 0 Å². The van der Waals surface area contributed by atoms with Crippen LogP contribution in [0, 0.1) is 0 Å². The minimum Gasteiger partial charge on any atom is -0.489 e. The van der Waals surface area contributed by atoms with Gasteiger partial charge in [-0.1, -0.05) is 12.1 Å². The number of para-hydroxylation sites is 2. The van der Waals surface area contributed by atoms with Crippen LogP contribution in [0.25, 0.3) is 0 Å². The van der Waals surface area contributed by atoms with Gasteiger partial charge in [0.25, 0.3) is 0 Å². The molecule has 6 heteroatoms. The standard InChI is InChI=1S/C16H25NO5/c1-2-4-16-15(3-1)17-5-6-18-7-8-19-9-10-20-11-12-21-13-14-22-16/h1-4,17H,5-14H2. The molecule has 0 aromatic heterocycles. The molecule has 2 rings (SSSR count). The minimum atomic E-state index is 0.512. The van der Waals surface area contributed by atoms with Crippen molar-refractivity contribution in [2.24, 2.45) is 0 Å². The van der Waals surface area contributed by atoms with Gasteiger partial charge >= 0.3 is 0 Å². The number of hydrogen-bond acceptors (Lipinski definition) is 6. The van der Waals surface area contributed by atoms with Crippen LogP contribution < -0.4 is 10.1 Å². The Morgan fingerprint density at radius 1 is 0.636 bits per heavy atom. The second-order valence-corrected chi connectivity index (χ2v) is 4.72. The van der Waals surface area contributed by atoms with E-state index in [0.29, 0.717) is 59.5 Å². The molecule has 0 aliphatic carbocycles. The molecule has 0 radical (unpaired) electrons. The number of ether oxygens (including phenoxy) is 5. The van der Waals surface area contributed by atoms with Crippen LogP contribution in [0.4, 0.5) is 5.69 Å². The first-order chi connectivity index (χ1) is 11.0. The van der Waals surface area contributed by atoms with Crippen LogP contribution in [0.3, 0.4) is 0 Å². The third kappa shape index (κ3) is 7.09. The van der Waals surface area contributed by atoms with Crippen LogP contribution in [0.1, 0.15) is 0 Å². The van der Waals surface area contributed by atoms with Crippen LogP contribution in [-0.4, -0.2) is 66.0 Å². The zero-order valence-electron chi connectivity index (χ0n) is 12.9. The quantitative estimate of drug-likeness (QED) is 0.785. The molecule has 1 aromatic rings. The lowest BCUT2D eigenvalue weighted by Gasteiger charge is -2.14. The summed E-state index contributed by atoms with van der Waals surface area (Å²) in [5.74, 6) is 0.826. The second-order valence-electron chi connectivity index (χ2n) is 4.72. The maximum Gasteiger partial charge on any atom is 0.142 e. The third-order valence-corrected chi connectivity index (χ3v) is 3.05. The number of fused-ring (bicyclic) bond motifs is 1. The SMILES string of the molecule is c1ccc2c(c1)NCCOCCOCCOCCOCCO2. The van der Waals surface area contributed by atoms with Gasteiger partial charge in [-0.05, 0) is 12.1 Å². The molecule has 22 heavy (non-hydrogen) atoms. The first-order valence-electron chi connectivity index (χ1n) is 7.73. The highest BCUT2D eigenvalue weighted by atomic mass is 16.6. The average molecular weight is 311 g/mol. The molecule has 0 unspecified atom stereocenters. The summed E-state index contributed by atoms with van der Waals surface area (Å²) in [6, 6.07) is 7.86. The van der Waals surface area contributed by atoms with Gasteiger partial charge in [0.15, 0.2) is 0 Å². The molecule has 124 valence electrons. The van der Waals surface area contributed by atoms with E-state index in [4.69, 9.17) is 23.7 Å². The summed E-state index contributed by atoms with van der Waals surface area (Å²) in [6.07, 6.45) is 0. The monoisotopic (exact) mass is 311 g/mol. The molecule has 0 fully saturated rings. The summed E-state index contributed by atoms with van der Waals surface area (Å²) < 4.78 is 27.5. The number of hydrogen-bond donors (Lipinski definition) is 1. The lowest BCUT2D eigenvalue weighted by Crippen LogP contribution is -2.16. The van der Waals surface area contributed by atoms with E-state index in [1.807, 2.05) is 24.3 Å². The van der Waals surface area contributed by atoms with Gasteiger partial charge in [-0.3, -0.25) is 0 Å². The van der Waals surface area contributed by atoms with Gasteiger partial charge in [-0.25, -0.2) is 0 Å². The fraction of sp³-hybridized carbons (Fsp3) is 0.625. The van der Waals surface area contributed by atoms with Gasteiger partial charge in [0.2, 0.25) is 0 Å². The van der Waals surface area contributed by atoms with Gasteiger partial charge < -0.3 is 29.0 Å². The minimum absolute atomic E-state index is 0.512. The highest BCUT2D eigenvalue weighted by Gasteiger charge is 2.02. The van der Waals surface area contributed by atoms with E-state index in [1.54, 1.807) is 0 Å². The van der Waals surface area contributed by atoms with E-state index in [-0.39, 0.29) is 0 Å². The lowest BCUT2D eigenvalue weighted by atomic mass is 10.3. The Hall–Kier alpha value is -1.34. The molecule has 1 aromatic carbocycles. The molecule has 1 heterocycles. The Labute approximate surface area is 131 Å². The van der Waals surface area contributed by atoms with E-state index >= 15 is 0 Å². The first kappa shape index (κ1) is 17.0. The smallest absolute Gasteiger partial charge is 0.142 e. The molecule has 1 N–H and O–H groups in total. The largest absolute Gasteiger partial charge is 0.489 e. The van der Waals surface area contributed by atoms with Crippen molar-refractivity contribution in [2.45, 2.75) is 0 Å². The molecule has 0 spiro atoms. The highest BCUT2D eigenvalue weighted by Crippen LogP contribution is 2.23. The normalized spacial score (nSPS) is 19.8. The number of benzene rings is 1. The van der Waals surface area contributed by atoms with Crippen molar-refractivity contribution in [1.29, 1.82) is 0 Å². The lowest BCUT2D eigenvalue weighted by molar-refractivity contribution is -0.00390. The molecule has 1 aliphatic heterocycles. The third-order valence-electron chi connectivity index (χ3n) is 3.05. The summed E-state index contributed by atoms with van der Waals surface area (Å²) in [7, 11) is 0. The molecule has 0 saturated heterocycles. The molecular weight excluding hydrogens is 286 g/mol. The Bertz CT molecular complexity index is 365. The van der Waals surface area contributed by atoms with Crippen molar-refractivity contribution in [3.05, 3.63) is 24.3 Å². The topological polar surface area (TPSA) is 58.2 Å². The average Bonchev–Trinajstić information content (AvgIpc) is 2.55. The maximum atomic E-state index is 5.74. The Morgan fingerprint density at radius 2 is 1.18 bits per heavy atom. The van der Waals surface area contributed by atoms with Gasteiger partial charge in [0, 0.05) is 6.54 Å². The van der Waals surface area contributed by atoms with Crippen LogP contribution in [0.15, 0.2) is 24.3 Å². The molecule has 0 amide bonds. The summed E-state index contributed by atoms with van der Waals surface area (Å²) >= 11 is 0.